The molecule has 0 unspecified atom stereocenters. The second-order valence-electron chi connectivity index (χ2n) is 5.91. The van der Waals surface area contributed by atoms with Gasteiger partial charge in [0.2, 0.25) is 5.91 Å². The Morgan fingerprint density at radius 1 is 1.35 bits per heavy atom. The fraction of sp³-hybridized carbons (Fsp3) is 0.353. The van der Waals surface area contributed by atoms with E-state index in [2.05, 4.69) is 4.99 Å². The van der Waals surface area contributed by atoms with Crippen LogP contribution < -0.4 is 4.80 Å². The lowest BCUT2D eigenvalue weighted by atomic mass is 10.1. The van der Waals surface area contributed by atoms with Gasteiger partial charge in [-0.25, -0.2) is 0 Å². The SMILES string of the molecule is Cc1ccc(CN2C[C@H](C(=O)N=c3sccn3C)CC2=O)cc1. The summed E-state index contributed by atoms with van der Waals surface area (Å²) in [6.07, 6.45) is 2.11. The minimum Gasteiger partial charge on any atom is -0.338 e. The zero-order valence-corrected chi connectivity index (χ0v) is 14.0. The molecule has 0 aliphatic carbocycles. The molecule has 0 N–H and O–H groups in total. The summed E-state index contributed by atoms with van der Waals surface area (Å²) in [5, 5.41) is 1.88. The molecule has 0 saturated carbocycles. The molecule has 6 heteroatoms. The number of hydrogen-bond donors (Lipinski definition) is 0. The van der Waals surface area contributed by atoms with Crippen LogP contribution in [0.25, 0.3) is 0 Å². The average Bonchev–Trinajstić information content (AvgIpc) is 3.09. The van der Waals surface area contributed by atoms with Crippen molar-refractivity contribution in [1.29, 1.82) is 0 Å². The van der Waals surface area contributed by atoms with E-state index >= 15 is 0 Å². The van der Waals surface area contributed by atoms with E-state index in [0.717, 1.165) is 5.56 Å². The van der Waals surface area contributed by atoms with Crippen molar-refractivity contribution in [3.8, 4) is 0 Å². The maximum atomic E-state index is 12.3. The van der Waals surface area contributed by atoms with Crippen LogP contribution in [0.5, 0.6) is 0 Å². The van der Waals surface area contributed by atoms with E-state index in [9.17, 15) is 9.59 Å². The molecule has 1 aliphatic rings. The molecule has 3 rings (SSSR count). The van der Waals surface area contributed by atoms with Gasteiger partial charge in [0, 0.05) is 38.1 Å². The Balaban J connectivity index is 1.69. The Hall–Kier alpha value is -2.21. The van der Waals surface area contributed by atoms with E-state index in [1.165, 1.54) is 16.9 Å². The van der Waals surface area contributed by atoms with Gasteiger partial charge in [-0.1, -0.05) is 29.8 Å². The van der Waals surface area contributed by atoms with Crippen molar-refractivity contribution < 1.29 is 9.59 Å². The first-order chi connectivity index (χ1) is 11.0. The number of carbonyl (C=O) groups is 2. The Morgan fingerprint density at radius 2 is 2.09 bits per heavy atom. The van der Waals surface area contributed by atoms with Crippen LogP contribution >= 0.6 is 11.3 Å². The van der Waals surface area contributed by atoms with E-state index < -0.39 is 0 Å². The van der Waals surface area contributed by atoms with Crippen LogP contribution in [0.15, 0.2) is 40.8 Å². The minimum absolute atomic E-state index is 0.0229. The molecule has 0 radical (unpaired) electrons. The van der Waals surface area contributed by atoms with E-state index in [4.69, 9.17) is 0 Å². The van der Waals surface area contributed by atoms with Gasteiger partial charge in [0.1, 0.15) is 0 Å². The van der Waals surface area contributed by atoms with Crippen molar-refractivity contribution in [3.05, 3.63) is 51.8 Å². The van der Waals surface area contributed by atoms with Gasteiger partial charge in [-0.3, -0.25) is 9.59 Å². The summed E-state index contributed by atoms with van der Waals surface area (Å²) in [5.41, 5.74) is 2.27. The molecule has 2 amide bonds. The molecule has 1 fully saturated rings. The molecule has 1 aliphatic heterocycles. The Labute approximate surface area is 138 Å². The van der Waals surface area contributed by atoms with Crippen LogP contribution in [0.4, 0.5) is 0 Å². The summed E-state index contributed by atoms with van der Waals surface area (Å²) in [6, 6.07) is 8.11. The number of likely N-dealkylation sites (tertiary alicyclic amines) is 1. The highest BCUT2D eigenvalue weighted by molar-refractivity contribution is 7.07. The monoisotopic (exact) mass is 329 g/mol. The lowest BCUT2D eigenvalue weighted by Crippen LogP contribution is -2.26. The van der Waals surface area contributed by atoms with Crippen molar-refractivity contribution in [2.45, 2.75) is 19.9 Å². The highest BCUT2D eigenvalue weighted by atomic mass is 32.1. The van der Waals surface area contributed by atoms with Crippen LogP contribution in [0.2, 0.25) is 0 Å². The fourth-order valence-electron chi connectivity index (χ4n) is 2.62. The Bertz CT molecular complexity index is 789. The zero-order valence-electron chi connectivity index (χ0n) is 13.2. The van der Waals surface area contributed by atoms with Gasteiger partial charge in [0.05, 0.1) is 5.92 Å². The van der Waals surface area contributed by atoms with Crippen LogP contribution in [0, 0.1) is 12.8 Å². The first kappa shape index (κ1) is 15.7. The molecule has 2 aromatic rings. The number of benzene rings is 1. The van der Waals surface area contributed by atoms with Crippen molar-refractivity contribution >= 4 is 23.2 Å². The molecular formula is C17H19N3O2S. The molecule has 5 nitrogen and oxygen atoms in total. The number of thiazole rings is 1. The number of nitrogens with zero attached hydrogens (tertiary/aromatic N) is 3. The van der Waals surface area contributed by atoms with Crippen molar-refractivity contribution in [3.63, 3.8) is 0 Å². The summed E-state index contributed by atoms with van der Waals surface area (Å²) in [6.45, 7) is 3.03. The van der Waals surface area contributed by atoms with Crippen molar-refractivity contribution in [1.82, 2.24) is 9.47 Å². The number of hydrogen-bond acceptors (Lipinski definition) is 3. The quantitative estimate of drug-likeness (QED) is 0.863. The van der Waals surface area contributed by atoms with Gasteiger partial charge in [-0.2, -0.15) is 4.99 Å². The van der Waals surface area contributed by atoms with Gasteiger partial charge in [0.15, 0.2) is 4.80 Å². The van der Waals surface area contributed by atoms with Crippen LogP contribution in [-0.4, -0.2) is 27.8 Å². The summed E-state index contributed by atoms with van der Waals surface area (Å²) in [4.78, 5) is 31.0. The van der Waals surface area contributed by atoms with Gasteiger partial charge < -0.3 is 9.47 Å². The highest BCUT2D eigenvalue weighted by Gasteiger charge is 2.34. The second kappa shape index (κ2) is 6.50. The number of rotatable bonds is 3. The first-order valence-corrected chi connectivity index (χ1v) is 8.43. The average molecular weight is 329 g/mol. The summed E-state index contributed by atoms with van der Waals surface area (Å²) in [5.74, 6) is -0.521. The molecule has 0 bridgehead atoms. The summed E-state index contributed by atoms with van der Waals surface area (Å²) in [7, 11) is 1.85. The smallest absolute Gasteiger partial charge is 0.253 e. The number of aromatic nitrogens is 1. The van der Waals surface area contributed by atoms with Gasteiger partial charge in [-0.05, 0) is 12.5 Å². The highest BCUT2D eigenvalue weighted by Crippen LogP contribution is 2.21. The normalized spacial score (nSPS) is 18.7. The minimum atomic E-state index is -0.338. The van der Waals surface area contributed by atoms with Gasteiger partial charge in [0.25, 0.3) is 5.91 Å². The maximum Gasteiger partial charge on any atom is 0.253 e. The van der Waals surface area contributed by atoms with E-state index in [0.29, 0.717) is 17.9 Å². The van der Waals surface area contributed by atoms with E-state index in [-0.39, 0.29) is 24.2 Å². The van der Waals surface area contributed by atoms with Crippen molar-refractivity contribution in [2.24, 2.45) is 18.0 Å². The van der Waals surface area contributed by atoms with Crippen molar-refractivity contribution in [2.75, 3.05) is 6.54 Å². The lowest BCUT2D eigenvalue weighted by molar-refractivity contribution is -0.128. The van der Waals surface area contributed by atoms with Gasteiger partial charge in [-0.15, -0.1) is 11.3 Å². The predicted octanol–water partition coefficient (Wildman–Crippen LogP) is 1.87. The molecule has 1 aromatic carbocycles. The molecule has 0 spiro atoms. The molecule has 120 valence electrons. The molecule has 2 heterocycles. The third-order valence-electron chi connectivity index (χ3n) is 4.02. The summed E-state index contributed by atoms with van der Waals surface area (Å²) >= 11 is 1.42. The molecule has 23 heavy (non-hydrogen) atoms. The molecule has 1 aromatic heterocycles. The molecule has 1 saturated heterocycles. The van der Waals surface area contributed by atoms with E-state index in [1.807, 2.05) is 54.4 Å². The van der Waals surface area contributed by atoms with Crippen LogP contribution in [0.1, 0.15) is 17.5 Å². The number of aryl methyl sites for hydroxylation is 2. The third-order valence-corrected chi connectivity index (χ3v) is 4.87. The fourth-order valence-corrected chi connectivity index (χ4v) is 3.36. The zero-order chi connectivity index (χ0) is 16.4. The Morgan fingerprint density at radius 3 is 2.74 bits per heavy atom. The number of carbonyl (C=O) groups excluding carboxylic acids is 2. The number of amides is 2. The topological polar surface area (TPSA) is 54.7 Å². The first-order valence-electron chi connectivity index (χ1n) is 7.55. The summed E-state index contributed by atoms with van der Waals surface area (Å²) < 4.78 is 1.81. The lowest BCUT2D eigenvalue weighted by Gasteiger charge is -2.16. The standard InChI is InChI=1S/C17H19N3O2S/c1-12-3-5-13(6-4-12)10-20-11-14(9-15(20)21)16(22)18-17-19(2)7-8-23-17/h3-8,14H,9-11H2,1-2H3/t14-/m1/s1. The second-order valence-corrected chi connectivity index (χ2v) is 6.78. The molecule has 1 atom stereocenters. The molecular weight excluding hydrogens is 310 g/mol. The van der Waals surface area contributed by atoms with Gasteiger partial charge >= 0.3 is 0 Å². The van der Waals surface area contributed by atoms with Crippen LogP contribution in [0.3, 0.4) is 0 Å². The largest absolute Gasteiger partial charge is 0.338 e. The maximum absolute atomic E-state index is 12.3. The predicted molar refractivity (Wildman–Crippen MR) is 88.6 cm³/mol. The Kier molecular flexibility index (Phi) is 4.43. The van der Waals surface area contributed by atoms with E-state index in [1.54, 1.807) is 4.90 Å². The van der Waals surface area contributed by atoms with Crippen LogP contribution in [-0.2, 0) is 23.2 Å². The third kappa shape index (κ3) is 3.59.